The molecule has 0 saturated carbocycles. The summed E-state index contributed by atoms with van der Waals surface area (Å²) in [5, 5.41) is 0. The van der Waals surface area contributed by atoms with Gasteiger partial charge in [0.25, 0.3) is 0 Å². The number of halogens is 1. The third kappa shape index (κ3) is 16.6. The van der Waals surface area contributed by atoms with Crippen LogP contribution in [0.4, 0.5) is 0 Å². The molecule has 0 rings (SSSR count). The van der Waals surface area contributed by atoms with Crippen molar-refractivity contribution in [2.75, 3.05) is 17.6 Å². The van der Waals surface area contributed by atoms with Gasteiger partial charge >= 0.3 is 0 Å². The van der Waals surface area contributed by atoms with Crippen LogP contribution in [-0.2, 0) is 9.47 Å². The van der Waals surface area contributed by atoms with Gasteiger partial charge in [-0.1, -0.05) is 66.8 Å². The molecule has 0 aromatic carbocycles. The van der Waals surface area contributed by atoms with E-state index in [2.05, 4.69) is 34.7 Å². The molecular weight excluding hydrogens is 375 g/mol. The number of allylic oxidation sites excluding steroid dienone is 2. The van der Waals surface area contributed by atoms with E-state index in [0.717, 1.165) is 19.6 Å². The SMILES string of the molecule is CCOC(CCCCCCCCC/C=C\CCI)OCC. The van der Waals surface area contributed by atoms with Crippen LogP contribution in [0.1, 0.15) is 78.1 Å². The molecule has 0 heterocycles. The predicted octanol–water partition coefficient (Wildman–Crippen LogP) is 6.28. The van der Waals surface area contributed by atoms with Crippen molar-refractivity contribution in [1.82, 2.24) is 0 Å². The van der Waals surface area contributed by atoms with Gasteiger partial charge in [-0.25, -0.2) is 0 Å². The summed E-state index contributed by atoms with van der Waals surface area (Å²) < 4.78 is 12.3. The molecule has 0 aliphatic heterocycles. The van der Waals surface area contributed by atoms with E-state index in [9.17, 15) is 0 Å². The molecule has 0 aliphatic carbocycles. The average molecular weight is 410 g/mol. The second kappa shape index (κ2) is 18.4. The summed E-state index contributed by atoms with van der Waals surface area (Å²) in [7, 11) is 0. The van der Waals surface area contributed by atoms with Crippen LogP contribution in [0.25, 0.3) is 0 Å². The molecule has 0 spiro atoms. The van der Waals surface area contributed by atoms with Crippen LogP contribution in [0.3, 0.4) is 0 Å². The Morgan fingerprint density at radius 2 is 1.29 bits per heavy atom. The molecule has 0 bridgehead atoms. The molecule has 0 saturated heterocycles. The van der Waals surface area contributed by atoms with Gasteiger partial charge in [-0.2, -0.15) is 0 Å². The zero-order valence-corrected chi connectivity index (χ0v) is 16.3. The van der Waals surface area contributed by atoms with Crippen molar-refractivity contribution in [2.45, 2.75) is 84.3 Å². The van der Waals surface area contributed by atoms with E-state index in [0.29, 0.717) is 0 Å². The van der Waals surface area contributed by atoms with E-state index >= 15 is 0 Å². The molecular formula is C18H35IO2. The van der Waals surface area contributed by atoms with Gasteiger partial charge in [-0.15, -0.1) is 0 Å². The molecule has 2 nitrogen and oxygen atoms in total. The van der Waals surface area contributed by atoms with E-state index in [4.69, 9.17) is 9.47 Å². The molecule has 0 atom stereocenters. The summed E-state index contributed by atoms with van der Waals surface area (Å²) >= 11 is 2.42. The summed E-state index contributed by atoms with van der Waals surface area (Å²) in [5.41, 5.74) is 0. The highest BCUT2D eigenvalue weighted by Crippen LogP contribution is 2.12. The first-order chi connectivity index (χ1) is 10.3. The summed E-state index contributed by atoms with van der Waals surface area (Å²) in [6.45, 7) is 5.56. The monoisotopic (exact) mass is 410 g/mol. The van der Waals surface area contributed by atoms with Gasteiger partial charge in [0.15, 0.2) is 6.29 Å². The Labute approximate surface area is 146 Å². The van der Waals surface area contributed by atoms with Gasteiger partial charge in [0.1, 0.15) is 0 Å². The van der Waals surface area contributed by atoms with Gasteiger partial charge < -0.3 is 9.47 Å². The van der Waals surface area contributed by atoms with Gasteiger partial charge in [0.05, 0.1) is 0 Å². The van der Waals surface area contributed by atoms with Gasteiger partial charge in [0.2, 0.25) is 0 Å². The Bertz CT molecular complexity index is 213. The third-order valence-electron chi connectivity index (χ3n) is 3.46. The van der Waals surface area contributed by atoms with Crippen molar-refractivity contribution >= 4 is 22.6 Å². The van der Waals surface area contributed by atoms with E-state index in [1.807, 2.05) is 13.8 Å². The minimum Gasteiger partial charge on any atom is -0.353 e. The molecule has 0 aliphatic rings. The number of alkyl halides is 1. The second-order valence-electron chi connectivity index (χ2n) is 5.34. The fraction of sp³-hybridized carbons (Fsp3) is 0.889. The van der Waals surface area contributed by atoms with Crippen molar-refractivity contribution < 1.29 is 9.47 Å². The summed E-state index contributed by atoms with van der Waals surface area (Å²) in [4.78, 5) is 0. The smallest absolute Gasteiger partial charge is 0.157 e. The first-order valence-corrected chi connectivity index (χ1v) is 10.3. The zero-order valence-electron chi connectivity index (χ0n) is 14.1. The second-order valence-corrected chi connectivity index (χ2v) is 6.42. The topological polar surface area (TPSA) is 18.5 Å². The van der Waals surface area contributed by atoms with E-state index in [1.54, 1.807) is 0 Å². The Kier molecular flexibility index (Phi) is 18.8. The predicted molar refractivity (Wildman–Crippen MR) is 101 cm³/mol. The Morgan fingerprint density at radius 3 is 1.86 bits per heavy atom. The van der Waals surface area contributed by atoms with E-state index in [-0.39, 0.29) is 6.29 Å². The Hall–Kier alpha value is 0.390. The number of hydrogen-bond acceptors (Lipinski definition) is 2. The van der Waals surface area contributed by atoms with E-state index < -0.39 is 0 Å². The van der Waals surface area contributed by atoms with Crippen molar-refractivity contribution in [3.63, 3.8) is 0 Å². The molecule has 0 N–H and O–H groups in total. The largest absolute Gasteiger partial charge is 0.353 e. The number of hydrogen-bond donors (Lipinski definition) is 0. The lowest BCUT2D eigenvalue weighted by Gasteiger charge is -2.16. The van der Waals surface area contributed by atoms with Crippen molar-refractivity contribution in [1.29, 1.82) is 0 Å². The molecule has 0 amide bonds. The van der Waals surface area contributed by atoms with E-state index in [1.165, 1.54) is 62.2 Å². The maximum atomic E-state index is 5.55. The standard InChI is InChI=1S/C18H35IO2/c1-3-20-18(21-4-2)16-14-12-10-8-6-5-7-9-11-13-15-17-19/h11,13,18H,3-10,12,14-17H2,1-2H3/b13-11-. The van der Waals surface area contributed by atoms with Crippen LogP contribution in [0.15, 0.2) is 12.2 Å². The number of rotatable bonds is 16. The summed E-state index contributed by atoms with van der Waals surface area (Å²) in [6, 6.07) is 0. The van der Waals surface area contributed by atoms with Crippen LogP contribution in [0.5, 0.6) is 0 Å². The van der Waals surface area contributed by atoms with Crippen LogP contribution < -0.4 is 0 Å². The van der Waals surface area contributed by atoms with Gasteiger partial charge in [0, 0.05) is 17.6 Å². The third-order valence-corrected chi connectivity index (χ3v) is 4.08. The molecule has 3 heteroatoms. The Morgan fingerprint density at radius 1 is 0.762 bits per heavy atom. The van der Waals surface area contributed by atoms with Crippen LogP contribution in [-0.4, -0.2) is 23.9 Å². The van der Waals surface area contributed by atoms with Crippen molar-refractivity contribution in [3.8, 4) is 0 Å². The first-order valence-electron chi connectivity index (χ1n) is 8.79. The molecule has 0 radical (unpaired) electrons. The highest BCUT2D eigenvalue weighted by molar-refractivity contribution is 14.1. The minimum absolute atomic E-state index is 0.0225. The fourth-order valence-electron chi connectivity index (χ4n) is 2.34. The number of unbranched alkanes of at least 4 members (excludes halogenated alkanes) is 7. The summed E-state index contributed by atoms with van der Waals surface area (Å²) in [6.07, 6.45) is 17.6. The Balaban J connectivity index is 3.24. The van der Waals surface area contributed by atoms with Crippen LogP contribution in [0, 0.1) is 0 Å². The maximum Gasteiger partial charge on any atom is 0.157 e. The zero-order chi connectivity index (χ0) is 15.6. The van der Waals surface area contributed by atoms with Gasteiger partial charge in [-0.05, 0) is 46.0 Å². The molecule has 0 aromatic rings. The number of ether oxygens (including phenoxy) is 2. The summed E-state index contributed by atoms with van der Waals surface area (Å²) in [5.74, 6) is 0. The van der Waals surface area contributed by atoms with Crippen molar-refractivity contribution in [2.24, 2.45) is 0 Å². The lowest BCUT2D eigenvalue weighted by molar-refractivity contribution is -0.140. The van der Waals surface area contributed by atoms with Crippen LogP contribution >= 0.6 is 22.6 Å². The van der Waals surface area contributed by atoms with Gasteiger partial charge in [-0.3, -0.25) is 0 Å². The lowest BCUT2D eigenvalue weighted by atomic mass is 10.1. The molecule has 126 valence electrons. The first kappa shape index (κ1) is 21.4. The fourth-order valence-corrected chi connectivity index (χ4v) is 2.70. The molecule has 0 fully saturated rings. The van der Waals surface area contributed by atoms with Crippen molar-refractivity contribution in [3.05, 3.63) is 12.2 Å². The normalized spacial score (nSPS) is 11.8. The average Bonchev–Trinajstić information content (AvgIpc) is 2.48. The van der Waals surface area contributed by atoms with Crippen LogP contribution in [0.2, 0.25) is 0 Å². The highest BCUT2D eigenvalue weighted by atomic mass is 127. The maximum absolute atomic E-state index is 5.55. The molecule has 0 unspecified atom stereocenters. The highest BCUT2D eigenvalue weighted by Gasteiger charge is 2.06. The lowest BCUT2D eigenvalue weighted by Crippen LogP contribution is -2.17. The minimum atomic E-state index is 0.0225. The molecule has 21 heavy (non-hydrogen) atoms. The molecule has 0 aromatic heterocycles. The quantitative estimate of drug-likeness (QED) is 0.0981.